The van der Waals surface area contributed by atoms with Crippen molar-refractivity contribution in [3.8, 4) is 17.4 Å². The number of hydrogen-bond acceptors (Lipinski definition) is 4. The van der Waals surface area contributed by atoms with Crippen molar-refractivity contribution in [3.63, 3.8) is 0 Å². The van der Waals surface area contributed by atoms with Gasteiger partial charge in [0.15, 0.2) is 17.4 Å². The highest BCUT2D eigenvalue weighted by molar-refractivity contribution is 6.31. The molecule has 0 amide bonds. The zero-order chi connectivity index (χ0) is 17.8. The van der Waals surface area contributed by atoms with Crippen LogP contribution in [-0.4, -0.2) is 37.1 Å². The second-order valence-electron chi connectivity index (χ2n) is 5.55. The summed E-state index contributed by atoms with van der Waals surface area (Å²) in [6.07, 6.45) is 2.42. The molecule has 3 rings (SSSR count). The van der Waals surface area contributed by atoms with Gasteiger partial charge in [0.2, 0.25) is 0 Å². The highest BCUT2D eigenvalue weighted by Gasteiger charge is 2.09. The van der Waals surface area contributed by atoms with Crippen LogP contribution >= 0.6 is 11.6 Å². The van der Waals surface area contributed by atoms with E-state index in [0.717, 1.165) is 22.9 Å². The predicted octanol–water partition coefficient (Wildman–Crippen LogP) is 4.21. The van der Waals surface area contributed by atoms with E-state index in [0.29, 0.717) is 28.6 Å². The van der Waals surface area contributed by atoms with Gasteiger partial charge in [0.05, 0.1) is 19.8 Å². The number of H-pyrrole nitrogens is 1. The lowest BCUT2D eigenvalue weighted by molar-refractivity contribution is 0.354. The van der Waals surface area contributed by atoms with Crippen LogP contribution in [0.1, 0.15) is 11.1 Å². The Labute approximate surface area is 150 Å². The Balaban J connectivity index is 1.72. The maximum absolute atomic E-state index is 10.0. The third-order valence-corrected chi connectivity index (χ3v) is 4.21. The number of halogens is 1. The number of ether oxygens (including phenoxy) is 2. The van der Waals surface area contributed by atoms with Gasteiger partial charge >= 0.3 is 0 Å². The fourth-order valence-electron chi connectivity index (χ4n) is 2.69. The molecule has 0 aliphatic heterocycles. The first-order valence-electron chi connectivity index (χ1n) is 7.83. The Hall–Kier alpha value is -2.66. The van der Waals surface area contributed by atoms with E-state index in [1.165, 1.54) is 0 Å². The van der Waals surface area contributed by atoms with Gasteiger partial charge in [-0.2, -0.15) is 0 Å². The summed E-state index contributed by atoms with van der Waals surface area (Å²) in [5, 5.41) is 11.5. The van der Waals surface area contributed by atoms with Crippen LogP contribution in [0.5, 0.6) is 17.4 Å². The highest BCUT2D eigenvalue weighted by atomic mass is 35.5. The van der Waals surface area contributed by atoms with Gasteiger partial charge in [0, 0.05) is 28.7 Å². The van der Waals surface area contributed by atoms with E-state index in [4.69, 9.17) is 21.1 Å². The Morgan fingerprint density at radius 1 is 1.12 bits per heavy atom. The molecule has 0 atom stereocenters. The van der Waals surface area contributed by atoms with Crippen molar-refractivity contribution in [2.24, 2.45) is 4.99 Å². The number of fused-ring (bicyclic) bond motifs is 1. The normalized spacial score (nSPS) is 11.3. The Bertz CT molecular complexity index is 918. The lowest BCUT2D eigenvalue weighted by Crippen LogP contribution is -1.95. The molecule has 0 spiro atoms. The number of rotatable bonds is 6. The molecule has 2 aromatic carbocycles. The third kappa shape index (κ3) is 3.72. The van der Waals surface area contributed by atoms with Crippen LogP contribution in [0.3, 0.4) is 0 Å². The van der Waals surface area contributed by atoms with E-state index in [1.54, 1.807) is 26.5 Å². The molecule has 0 bridgehead atoms. The Morgan fingerprint density at radius 3 is 2.68 bits per heavy atom. The van der Waals surface area contributed by atoms with E-state index < -0.39 is 0 Å². The summed E-state index contributed by atoms with van der Waals surface area (Å²) in [7, 11) is 3.23. The molecule has 0 aliphatic carbocycles. The standard InChI is InChI=1S/C19H19ClN2O3/c1-24-17-6-3-12(9-18(17)25-2)7-8-21-11-15-14-10-13(20)4-5-16(14)22-19(15)23/h3-6,9-11,22-23H,7-8H2,1-2H3. The first-order chi connectivity index (χ1) is 12.1. The summed E-state index contributed by atoms with van der Waals surface area (Å²) in [5.41, 5.74) is 2.56. The second-order valence-corrected chi connectivity index (χ2v) is 5.99. The predicted molar refractivity (Wildman–Crippen MR) is 101 cm³/mol. The number of hydrogen-bond donors (Lipinski definition) is 2. The number of aromatic nitrogens is 1. The summed E-state index contributed by atoms with van der Waals surface area (Å²) in [4.78, 5) is 7.34. The van der Waals surface area contributed by atoms with Crippen LogP contribution in [0.2, 0.25) is 5.02 Å². The molecule has 5 nitrogen and oxygen atoms in total. The molecule has 0 unspecified atom stereocenters. The monoisotopic (exact) mass is 358 g/mol. The van der Waals surface area contributed by atoms with Gasteiger partial charge in [-0.1, -0.05) is 17.7 Å². The van der Waals surface area contributed by atoms with Gasteiger partial charge < -0.3 is 19.6 Å². The van der Waals surface area contributed by atoms with Gasteiger partial charge in [-0.25, -0.2) is 0 Å². The molecule has 0 saturated carbocycles. The average Bonchev–Trinajstić information content (AvgIpc) is 2.93. The zero-order valence-electron chi connectivity index (χ0n) is 14.0. The lowest BCUT2D eigenvalue weighted by Gasteiger charge is -2.08. The molecule has 0 radical (unpaired) electrons. The van der Waals surface area contributed by atoms with Crippen molar-refractivity contribution in [2.45, 2.75) is 6.42 Å². The van der Waals surface area contributed by atoms with Crippen molar-refractivity contribution < 1.29 is 14.6 Å². The molecule has 25 heavy (non-hydrogen) atoms. The number of aromatic hydroxyl groups is 1. The molecule has 130 valence electrons. The van der Waals surface area contributed by atoms with Crippen LogP contribution in [0.25, 0.3) is 10.9 Å². The number of benzene rings is 2. The van der Waals surface area contributed by atoms with Gasteiger partial charge in [-0.15, -0.1) is 0 Å². The fourth-order valence-corrected chi connectivity index (χ4v) is 2.86. The van der Waals surface area contributed by atoms with Gasteiger partial charge in [0.1, 0.15) is 0 Å². The summed E-state index contributed by atoms with van der Waals surface area (Å²) >= 11 is 6.03. The molecule has 3 aromatic rings. The summed E-state index contributed by atoms with van der Waals surface area (Å²) in [6.45, 7) is 0.585. The van der Waals surface area contributed by atoms with Crippen molar-refractivity contribution in [2.75, 3.05) is 20.8 Å². The van der Waals surface area contributed by atoms with Gasteiger partial charge in [-0.3, -0.25) is 4.99 Å². The van der Waals surface area contributed by atoms with Crippen LogP contribution < -0.4 is 9.47 Å². The molecule has 2 N–H and O–H groups in total. The van der Waals surface area contributed by atoms with Crippen molar-refractivity contribution in [1.29, 1.82) is 0 Å². The summed E-state index contributed by atoms with van der Waals surface area (Å²) < 4.78 is 10.5. The zero-order valence-corrected chi connectivity index (χ0v) is 14.8. The fraction of sp³-hybridized carbons (Fsp3) is 0.211. The average molecular weight is 359 g/mol. The van der Waals surface area contributed by atoms with Crippen LogP contribution in [0.15, 0.2) is 41.4 Å². The van der Waals surface area contributed by atoms with E-state index in [-0.39, 0.29) is 5.88 Å². The molecular weight excluding hydrogens is 340 g/mol. The quantitative estimate of drug-likeness (QED) is 0.649. The molecule has 1 heterocycles. The number of aromatic amines is 1. The van der Waals surface area contributed by atoms with E-state index >= 15 is 0 Å². The molecule has 0 fully saturated rings. The van der Waals surface area contributed by atoms with Crippen LogP contribution in [0, 0.1) is 0 Å². The number of aliphatic imine (C=N–C) groups is 1. The van der Waals surface area contributed by atoms with E-state index in [1.807, 2.05) is 30.3 Å². The highest BCUT2D eigenvalue weighted by Crippen LogP contribution is 2.29. The minimum Gasteiger partial charge on any atom is -0.494 e. The second kappa shape index (κ2) is 7.49. The topological polar surface area (TPSA) is 66.8 Å². The molecule has 1 aromatic heterocycles. The van der Waals surface area contributed by atoms with E-state index in [2.05, 4.69) is 9.98 Å². The molecule has 0 aliphatic rings. The number of methoxy groups -OCH3 is 2. The Morgan fingerprint density at radius 2 is 1.92 bits per heavy atom. The minimum atomic E-state index is 0.0899. The lowest BCUT2D eigenvalue weighted by atomic mass is 10.1. The number of nitrogens with one attached hydrogen (secondary N) is 1. The maximum atomic E-state index is 10.0. The molecular formula is C19H19ClN2O3. The third-order valence-electron chi connectivity index (χ3n) is 3.98. The SMILES string of the molecule is COc1ccc(CCN=Cc2c(O)[nH]c3ccc(Cl)cc23)cc1OC. The molecule has 0 saturated heterocycles. The van der Waals surface area contributed by atoms with Gasteiger partial charge in [-0.05, 0) is 42.3 Å². The summed E-state index contributed by atoms with van der Waals surface area (Å²) in [6, 6.07) is 11.2. The van der Waals surface area contributed by atoms with E-state index in [9.17, 15) is 5.11 Å². The summed E-state index contributed by atoms with van der Waals surface area (Å²) in [5.74, 6) is 1.50. The van der Waals surface area contributed by atoms with Crippen molar-refractivity contribution in [1.82, 2.24) is 4.98 Å². The Kier molecular flexibility index (Phi) is 5.14. The number of nitrogens with zero attached hydrogens (tertiary/aromatic N) is 1. The minimum absolute atomic E-state index is 0.0899. The smallest absolute Gasteiger partial charge is 0.198 e. The largest absolute Gasteiger partial charge is 0.494 e. The first kappa shape index (κ1) is 17.2. The maximum Gasteiger partial charge on any atom is 0.198 e. The van der Waals surface area contributed by atoms with Gasteiger partial charge in [0.25, 0.3) is 0 Å². The van der Waals surface area contributed by atoms with Crippen LogP contribution in [-0.2, 0) is 6.42 Å². The van der Waals surface area contributed by atoms with Crippen molar-refractivity contribution in [3.05, 3.63) is 52.5 Å². The first-order valence-corrected chi connectivity index (χ1v) is 8.21. The van der Waals surface area contributed by atoms with Crippen LogP contribution in [0.4, 0.5) is 0 Å². The van der Waals surface area contributed by atoms with Crippen molar-refractivity contribution >= 4 is 28.7 Å². The molecule has 6 heteroatoms.